The van der Waals surface area contributed by atoms with E-state index in [9.17, 15) is 4.79 Å². The molecule has 178 valence electrons. The van der Waals surface area contributed by atoms with Crippen LogP contribution in [-0.2, 0) is 14.0 Å². The zero-order chi connectivity index (χ0) is 24.2. The van der Waals surface area contributed by atoms with Crippen molar-refractivity contribution in [1.29, 1.82) is 0 Å². The quantitative estimate of drug-likeness (QED) is 0.679. The second kappa shape index (κ2) is 8.17. The number of hydrogen-bond donors (Lipinski definition) is 1. The highest BCUT2D eigenvalue weighted by Crippen LogP contribution is 2.37. The van der Waals surface area contributed by atoms with Crippen LogP contribution in [0.15, 0.2) is 24.3 Å². The van der Waals surface area contributed by atoms with E-state index >= 15 is 0 Å². The molecule has 2 aromatic rings. The number of aromatic amines is 1. The van der Waals surface area contributed by atoms with Crippen LogP contribution in [0.4, 0.5) is 4.79 Å². The summed E-state index contributed by atoms with van der Waals surface area (Å²) >= 11 is 0. The van der Waals surface area contributed by atoms with Crippen molar-refractivity contribution >= 4 is 18.7 Å². The number of rotatable bonds is 3. The molecule has 0 radical (unpaired) electrons. The Labute approximate surface area is 197 Å². The van der Waals surface area contributed by atoms with Crippen molar-refractivity contribution in [1.82, 2.24) is 14.9 Å². The Hall–Kier alpha value is -2.32. The van der Waals surface area contributed by atoms with Crippen molar-refractivity contribution < 1.29 is 18.8 Å². The SMILES string of the molecule is Cc1[nH]c([C@@H]2CCCN2C(=O)OC(C)(C)C)nc1-c1ccc(B2OC(C)(C)C(C)(C)O2)cc1. The highest BCUT2D eigenvalue weighted by Gasteiger charge is 2.51. The number of imidazole rings is 1. The Bertz CT molecular complexity index is 1010. The summed E-state index contributed by atoms with van der Waals surface area (Å²) in [5.41, 5.74) is 2.60. The van der Waals surface area contributed by atoms with Crippen LogP contribution in [0.25, 0.3) is 11.3 Å². The highest BCUT2D eigenvalue weighted by atomic mass is 16.7. The first kappa shape index (κ1) is 23.8. The van der Waals surface area contributed by atoms with Crippen LogP contribution in [0.1, 0.15) is 78.9 Å². The molecule has 4 rings (SSSR count). The number of aromatic nitrogens is 2. The molecule has 1 aromatic carbocycles. The molecule has 0 bridgehead atoms. The van der Waals surface area contributed by atoms with Crippen LogP contribution < -0.4 is 5.46 Å². The standard InChI is InChI=1S/C25H36BN3O4/c1-16-20(17-11-13-18(14-12-17)26-32-24(5,6)25(7,8)33-26)28-21(27-16)19-10-9-15-29(19)22(30)31-23(2,3)4/h11-14,19H,9-10,15H2,1-8H3,(H,27,28)/t19-/m0/s1. The minimum atomic E-state index is -0.520. The van der Waals surface area contributed by atoms with Gasteiger partial charge < -0.3 is 19.0 Å². The average molecular weight is 453 g/mol. The number of hydrogen-bond acceptors (Lipinski definition) is 5. The number of nitrogens with zero attached hydrogens (tertiary/aromatic N) is 2. The number of nitrogens with one attached hydrogen (secondary N) is 1. The van der Waals surface area contributed by atoms with Crippen LogP contribution in [0.2, 0.25) is 0 Å². The van der Waals surface area contributed by atoms with Gasteiger partial charge in [0.25, 0.3) is 0 Å². The van der Waals surface area contributed by atoms with Gasteiger partial charge in [-0.1, -0.05) is 24.3 Å². The van der Waals surface area contributed by atoms with E-state index in [1.54, 1.807) is 4.90 Å². The number of carbonyl (C=O) groups is 1. The van der Waals surface area contributed by atoms with Crippen LogP contribution in [-0.4, -0.2) is 51.4 Å². The molecule has 2 aliphatic rings. The van der Waals surface area contributed by atoms with E-state index in [0.29, 0.717) is 6.54 Å². The lowest BCUT2D eigenvalue weighted by molar-refractivity contribution is 0.00578. The molecule has 2 fully saturated rings. The van der Waals surface area contributed by atoms with Crippen LogP contribution in [0.3, 0.4) is 0 Å². The number of likely N-dealkylation sites (tertiary alicyclic amines) is 1. The molecule has 1 aromatic heterocycles. The van der Waals surface area contributed by atoms with Gasteiger partial charge in [-0.15, -0.1) is 0 Å². The zero-order valence-corrected chi connectivity index (χ0v) is 21.1. The molecule has 0 unspecified atom stereocenters. The number of carbonyl (C=O) groups excluding carboxylic acids is 1. The van der Waals surface area contributed by atoms with E-state index in [2.05, 4.69) is 32.7 Å². The van der Waals surface area contributed by atoms with Gasteiger partial charge in [-0.3, -0.25) is 4.90 Å². The molecule has 3 heterocycles. The molecule has 1 amide bonds. The monoisotopic (exact) mass is 453 g/mol. The summed E-state index contributed by atoms with van der Waals surface area (Å²) in [5, 5.41) is 0. The van der Waals surface area contributed by atoms with Gasteiger partial charge in [0.2, 0.25) is 0 Å². The third-order valence-electron chi connectivity index (χ3n) is 6.81. The van der Waals surface area contributed by atoms with Gasteiger partial charge in [0, 0.05) is 17.8 Å². The molecule has 0 spiro atoms. The van der Waals surface area contributed by atoms with Crippen molar-refractivity contribution in [2.75, 3.05) is 6.54 Å². The summed E-state index contributed by atoms with van der Waals surface area (Å²) in [6.45, 7) is 16.6. The maximum Gasteiger partial charge on any atom is 0.494 e. The topological polar surface area (TPSA) is 76.7 Å². The largest absolute Gasteiger partial charge is 0.494 e. The van der Waals surface area contributed by atoms with E-state index in [4.69, 9.17) is 19.0 Å². The van der Waals surface area contributed by atoms with Crippen molar-refractivity contribution in [3.05, 3.63) is 35.8 Å². The highest BCUT2D eigenvalue weighted by molar-refractivity contribution is 6.62. The molecule has 0 aliphatic carbocycles. The predicted molar refractivity (Wildman–Crippen MR) is 129 cm³/mol. The molecule has 7 nitrogen and oxygen atoms in total. The first-order chi connectivity index (χ1) is 15.3. The number of H-pyrrole nitrogens is 1. The first-order valence-electron chi connectivity index (χ1n) is 11.8. The summed E-state index contributed by atoms with van der Waals surface area (Å²) in [6.07, 6.45) is 1.52. The lowest BCUT2D eigenvalue weighted by atomic mass is 9.79. The van der Waals surface area contributed by atoms with Crippen molar-refractivity contribution in [3.8, 4) is 11.3 Å². The van der Waals surface area contributed by atoms with Gasteiger partial charge >= 0.3 is 13.2 Å². The van der Waals surface area contributed by atoms with Crippen molar-refractivity contribution in [2.45, 2.75) is 91.1 Å². The van der Waals surface area contributed by atoms with Crippen molar-refractivity contribution in [2.24, 2.45) is 0 Å². The van der Waals surface area contributed by atoms with E-state index in [0.717, 1.165) is 41.1 Å². The molecular formula is C25H36BN3O4. The Morgan fingerprint density at radius 3 is 2.33 bits per heavy atom. The summed E-state index contributed by atoms with van der Waals surface area (Å²) < 4.78 is 17.9. The Kier molecular flexibility index (Phi) is 5.90. The molecule has 0 saturated carbocycles. The smallest absolute Gasteiger partial charge is 0.444 e. The van der Waals surface area contributed by atoms with Gasteiger partial charge in [-0.2, -0.15) is 0 Å². The third kappa shape index (κ3) is 4.69. The van der Waals surface area contributed by atoms with Crippen LogP contribution in [0, 0.1) is 6.92 Å². The molecule has 8 heteroatoms. The fourth-order valence-electron chi connectivity index (χ4n) is 4.29. The summed E-state index contributed by atoms with van der Waals surface area (Å²) in [5.74, 6) is 0.806. The molecule has 1 N–H and O–H groups in total. The van der Waals surface area contributed by atoms with E-state index < -0.39 is 5.60 Å². The molecule has 2 saturated heterocycles. The lowest BCUT2D eigenvalue weighted by Crippen LogP contribution is -2.41. The molecule has 2 aliphatic heterocycles. The molecule has 33 heavy (non-hydrogen) atoms. The Morgan fingerprint density at radius 1 is 1.15 bits per heavy atom. The maximum atomic E-state index is 12.7. The minimum absolute atomic E-state index is 0.101. The van der Waals surface area contributed by atoms with Gasteiger partial charge in [0.15, 0.2) is 0 Å². The second-order valence-electron chi connectivity index (χ2n) is 11.1. The van der Waals surface area contributed by atoms with E-state index in [-0.39, 0.29) is 30.5 Å². The average Bonchev–Trinajstić information content (AvgIpc) is 3.37. The summed E-state index contributed by atoms with van der Waals surface area (Å²) in [6, 6.07) is 8.07. The van der Waals surface area contributed by atoms with E-state index in [1.165, 1.54) is 0 Å². The predicted octanol–water partition coefficient (Wildman–Crippen LogP) is 4.76. The number of ether oxygens (including phenoxy) is 1. The number of amides is 1. The Morgan fingerprint density at radius 2 is 1.76 bits per heavy atom. The maximum absolute atomic E-state index is 12.7. The second-order valence-corrected chi connectivity index (χ2v) is 11.1. The fourth-order valence-corrected chi connectivity index (χ4v) is 4.29. The lowest BCUT2D eigenvalue weighted by Gasteiger charge is -2.32. The van der Waals surface area contributed by atoms with Crippen LogP contribution >= 0.6 is 0 Å². The van der Waals surface area contributed by atoms with Gasteiger partial charge in [-0.25, -0.2) is 9.78 Å². The van der Waals surface area contributed by atoms with Gasteiger partial charge in [-0.05, 0) is 73.7 Å². The van der Waals surface area contributed by atoms with Gasteiger partial charge in [0.1, 0.15) is 11.4 Å². The van der Waals surface area contributed by atoms with Crippen LogP contribution in [0.5, 0.6) is 0 Å². The number of aryl methyl sites for hydroxylation is 1. The normalized spacial score (nSPS) is 22.1. The third-order valence-corrected chi connectivity index (χ3v) is 6.81. The Balaban J connectivity index is 1.52. The van der Waals surface area contributed by atoms with Crippen molar-refractivity contribution in [3.63, 3.8) is 0 Å². The number of benzene rings is 1. The first-order valence-corrected chi connectivity index (χ1v) is 11.8. The summed E-state index contributed by atoms with van der Waals surface area (Å²) in [4.78, 5) is 22.8. The zero-order valence-electron chi connectivity index (χ0n) is 21.1. The summed E-state index contributed by atoms with van der Waals surface area (Å²) in [7, 11) is -0.388. The molecule has 1 atom stereocenters. The van der Waals surface area contributed by atoms with Gasteiger partial charge in [0.05, 0.1) is 22.9 Å². The molecular weight excluding hydrogens is 417 g/mol. The fraction of sp³-hybridized carbons (Fsp3) is 0.600. The minimum Gasteiger partial charge on any atom is -0.444 e. The van der Waals surface area contributed by atoms with E-state index in [1.807, 2.05) is 52.0 Å².